The van der Waals surface area contributed by atoms with Crippen LogP contribution in [0.3, 0.4) is 0 Å². The number of nitrogens with zero attached hydrogens (tertiary/aromatic N) is 2. The minimum atomic E-state index is 0.0166. The second-order valence-corrected chi connectivity index (χ2v) is 6.43. The van der Waals surface area contributed by atoms with Crippen molar-refractivity contribution in [2.45, 2.75) is 32.7 Å². The van der Waals surface area contributed by atoms with Crippen molar-refractivity contribution in [1.82, 2.24) is 9.55 Å². The normalized spacial score (nSPS) is 14.1. The van der Waals surface area contributed by atoms with Crippen molar-refractivity contribution < 1.29 is 9.53 Å². The summed E-state index contributed by atoms with van der Waals surface area (Å²) in [6.07, 6.45) is 4.16. The van der Waals surface area contributed by atoms with Crippen LogP contribution >= 0.6 is 0 Å². The summed E-state index contributed by atoms with van der Waals surface area (Å²) in [5.74, 6) is 0.667. The van der Waals surface area contributed by atoms with Crippen LogP contribution in [-0.4, -0.2) is 21.9 Å². The molecule has 2 heterocycles. The Kier molecular flexibility index (Phi) is 3.60. The number of hydrogen-bond donors (Lipinski definition) is 0. The molecule has 0 bridgehead atoms. The number of ether oxygens (including phenoxy) is 1. The molecular weight excluding hydrogens is 300 g/mol. The summed E-state index contributed by atoms with van der Waals surface area (Å²) in [5, 5.41) is 1.01. The molecule has 122 valence electrons. The molecule has 0 amide bonds. The largest absolute Gasteiger partial charge is 0.483 e. The fourth-order valence-corrected chi connectivity index (χ4v) is 3.37. The first-order chi connectivity index (χ1) is 11.6. The zero-order chi connectivity index (χ0) is 16.7. The van der Waals surface area contributed by atoms with Crippen molar-refractivity contribution in [3.05, 3.63) is 59.5 Å². The van der Waals surface area contributed by atoms with Crippen molar-refractivity contribution in [2.75, 3.05) is 6.61 Å². The van der Waals surface area contributed by atoms with Gasteiger partial charge in [-0.3, -0.25) is 9.78 Å². The first kappa shape index (κ1) is 14.9. The molecule has 1 aliphatic rings. The first-order valence-electron chi connectivity index (χ1n) is 8.33. The van der Waals surface area contributed by atoms with Crippen LogP contribution in [0, 0.1) is 13.8 Å². The number of benzene rings is 1. The predicted molar refractivity (Wildman–Crippen MR) is 93.7 cm³/mol. The maximum absolute atomic E-state index is 12.6. The van der Waals surface area contributed by atoms with Gasteiger partial charge in [0.15, 0.2) is 6.61 Å². The highest BCUT2D eigenvalue weighted by atomic mass is 16.5. The van der Waals surface area contributed by atoms with Gasteiger partial charge in [-0.2, -0.15) is 0 Å². The van der Waals surface area contributed by atoms with Gasteiger partial charge in [0.05, 0.1) is 0 Å². The molecule has 4 rings (SSSR count). The van der Waals surface area contributed by atoms with E-state index in [9.17, 15) is 4.79 Å². The number of pyridine rings is 1. The van der Waals surface area contributed by atoms with Crippen molar-refractivity contribution in [3.63, 3.8) is 0 Å². The molecule has 0 N–H and O–H groups in total. The minimum absolute atomic E-state index is 0.0166. The van der Waals surface area contributed by atoms with Gasteiger partial charge < -0.3 is 9.30 Å². The van der Waals surface area contributed by atoms with E-state index in [-0.39, 0.29) is 12.4 Å². The summed E-state index contributed by atoms with van der Waals surface area (Å²) in [6.45, 7) is 4.13. The summed E-state index contributed by atoms with van der Waals surface area (Å²) in [7, 11) is 0. The number of fused-ring (bicyclic) bond motifs is 1. The monoisotopic (exact) mass is 320 g/mol. The van der Waals surface area contributed by atoms with Gasteiger partial charge in [0.1, 0.15) is 11.3 Å². The fourth-order valence-electron chi connectivity index (χ4n) is 3.37. The number of hydrogen-bond acceptors (Lipinski definition) is 3. The van der Waals surface area contributed by atoms with Crippen LogP contribution in [0.15, 0.2) is 42.6 Å². The van der Waals surface area contributed by atoms with Crippen molar-refractivity contribution in [2.24, 2.45) is 0 Å². The lowest BCUT2D eigenvalue weighted by Gasteiger charge is -2.09. The molecule has 1 aliphatic carbocycles. The molecule has 0 radical (unpaired) electrons. The molecule has 24 heavy (non-hydrogen) atoms. The van der Waals surface area contributed by atoms with E-state index in [0.717, 1.165) is 27.9 Å². The molecular formula is C20H20N2O2. The number of aromatic nitrogens is 2. The highest BCUT2D eigenvalue weighted by molar-refractivity contribution is 5.99. The van der Waals surface area contributed by atoms with Gasteiger partial charge in [-0.1, -0.05) is 18.2 Å². The van der Waals surface area contributed by atoms with Crippen molar-refractivity contribution in [3.8, 4) is 5.75 Å². The molecule has 0 atom stereocenters. The van der Waals surface area contributed by atoms with E-state index < -0.39 is 0 Å². The molecule has 0 unspecified atom stereocenters. The number of Topliss-reactive ketones (excluding diaryl/α,β-unsaturated/α-hetero) is 1. The third kappa shape index (κ3) is 2.58. The molecule has 1 fully saturated rings. The van der Waals surface area contributed by atoms with E-state index >= 15 is 0 Å². The van der Waals surface area contributed by atoms with Gasteiger partial charge in [0.2, 0.25) is 5.78 Å². The van der Waals surface area contributed by atoms with Crippen LogP contribution in [0.1, 0.15) is 40.6 Å². The average molecular weight is 320 g/mol. The van der Waals surface area contributed by atoms with Gasteiger partial charge in [0, 0.05) is 34.6 Å². The van der Waals surface area contributed by atoms with Crippen LogP contribution in [0.2, 0.25) is 0 Å². The highest BCUT2D eigenvalue weighted by Gasteiger charge is 2.28. The summed E-state index contributed by atoms with van der Waals surface area (Å²) in [6, 6.07) is 12.2. The fraction of sp³-hybridized carbons (Fsp3) is 0.300. The van der Waals surface area contributed by atoms with E-state index in [2.05, 4.69) is 16.5 Å². The number of carbonyl (C=O) groups excluding carboxylic acids is 1. The van der Waals surface area contributed by atoms with Gasteiger partial charge in [-0.15, -0.1) is 0 Å². The van der Waals surface area contributed by atoms with Crippen molar-refractivity contribution >= 4 is 16.7 Å². The minimum Gasteiger partial charge on any atom is -0.483 e. The molecule has 3 aromatic rings. The van der Waals surface area contributed by atoms with Gasteiger partial charge in [0.25, 0.3) is 0 Å². The van der Waals surface area contributed by atoms with E-state index in [1.165, 1.54) is 12.8 Å². The second-order valence-electron chi connectivity index (χ2n) is 6.43. The van der Waals surface area contributed by atoms with E-state index in [1.807, 2.05) is 43.3 Å². The van der Waals surface area contributed by atoms with Crippen LogP contribution in [0.25, 0.3) is 10.9 Å². The van der Waals surface area contributed by atoms with E-state index in [1.54, 1.807) is 6.20 Å². The van der Waals surface area contributed by atoms with Crippen LogP contribution in [0.5, 0.6) is 5.75 Å². The Morgan fingerprint density at radius 3 is 2.83 bits per heavy atom. The summed E-state index contributed by atoms with van der Waals surface area (Å²) < 4.78 is 8.08. The van der Waals surface area contributed by atoms with Crippen LogP contribution in [-0.2, 0) is 0 Å². The first-order valence-corrected chi connectivity index (χ1v) is 8.33. The quantitative estimate of drug-likeness (QED) is 0.660. The van der Waals surface area contributed by atoms with Gasteiger partial charge in [-0.05, 0) is 44.9 Å². The molecule has 0 aliphatic heterocycles. The second kappa shape index (κ2) is 5.78. The van der Waals surface area contributed by atoms with Crippen LogP contribution in [0.4, 0.5) is 0 Å². The molecule has 2 aromatic heterocycles. The van der Waals surface area contributed by atoms with Gasteiger partial charge in [-0.25, -0.2) is 0 Å². The number of ketones is 1. The Bertz CT molecular complexity index is 917. The van der Waals surface area contributed by atoms with E-state index in [4.69, 9.17) is 4.74 Å². The lowest BCUT2D eigenvalue weighted by atomic mass is 10.1. The zero-order valence-corrected chi connectivity index (χ0v) is 14.0. The standard InChI is InChI=1S/C20H20N2O2/c1-13-11-17(14(2)22(13)16-8-9-16)18(23)12-24-19-7-3-5-15-6-4-10-21-20(15)19/h3-7,10-11,16H,8-9,12H2,1-2H3. The summed E-state index contributed by atoms with van der Waals surface area (Å²) in [4.78, 5) is 17.0. The molecule has 0 spiro atoms. The predicted octanol–water partition coefficient (Wildman–Crippen LogP) is 4.25. The number of para-hydroxylation sites is 1. The Morgan fingerprint density at radius 2 is 2.04 bits per heavy atom. The SMILES string of the molecule is Cc1cc(C(=O)COc2cccc3cccnc23)c(C)n1C1CC1. The van der Waals surface area contributed by atoms with Crippen molar-refractivity contribution in [1.29, 1.82) is 0 Å². The third-order valence-electron chi connectivity index (χ3n) is 4.65. The topological polar surface area (TPSA) is 44.1 Å². The molecule has 1 saturated carbocycles. The molecule has 4 nitrogen and oxygen atoms in total. The van der Waals surface area contributed by atoms with Gasteiger partial charge >= 0.3 is 0 Å². The Morgan fingerprint density at radius 1 is 1.25 bits per heavy atom. The molecule has 0 saturated heterocycles. The third-order valence-corrected chi connectivity index (χ3v) is 4.65. The summed E-state index contributed by atoms with van der Waals surface area (Å²) in [5.41, 5.74) is 3.77. The Labute approximate surface area is 141 Å². The smallest absolute Gasteiger partial charge is 0.202 e. The number of carbonyl (C=O) groups is 1. The number of rotatable bonds is 5. The maximum Gasteiger partial charge on any atom is 0.202 e. The lowest BCUT2D eigenvalue weighted by Crippen LogP contribution is -2.13. The Balaban J connectivity index is 1.55. The summed E-state index contributed by atoms with van der Waals surface area (Å²) >= 11 is 0. The highest BCUT2D eigenvalue weighted by Crippen LogP contribution is 2.38. The average Bonchev–Trinajstić information content (AvgIpc) is 3.38. The zero-order valence-electron chi connectivity index (χ0n) is 14.0. The lowest BCUT2D eigenvalue weighted by molar-refractivity contribution is 0.0922. The molecule has 4 heteroatoms. The van der Waals surface area contributed by atoms with E-state index in [0.29, 0.717) is 11.8 Å². The number of aryl methyl sites for hydroxylation is 1. The maximum atomic E-state index is 12.6. The Hall–Kier alpha value is -2.62. The van der Waals surface area contributed by atoms with Crippen LogP contribution < -0.4 is 4.74 Å². The molecule has 1 aromatic carbocycles.